The zero-order valence-electron chi connectivity index (χ0n) is 10.6. The average Bonchev–Trinajstić information content (AvgIpc) is 2.38. The Balaban J connectivity index is 2.19. The molecule has 3 N–H and O–H groups in total. The summed E-state index contributed by atoms with van der Waals surface area (Å²) in [5.41, 5.74) is 6.43. The minimum atomic E-state index is -4.37. The van der Waals surface area contributed by atoms with Gasteiger partial charge in [-0.15, -0.1) is 0 Å². The van der Waals surface area contributed by atoms with E-state index in [0.29, 0.717) is 12.0 Å². The van der Waals surface area contributed by atoms with E-state index in [4.69, 9.17) is 5.73 Å². The molecule has 1 atom stereocenters. The van der Waals surface area contributed by atoms with Crippen LogP contribution in [-0.4, -0.2) is 5.11 Å². The van der Waals surface area contributed by atoms with Gasteiger partial charge < -0.3 is 10.8 Å². The summed E-state index contributed by atoms with van der Waals surface area (Å²) in [4.78, 5) is 0. The number of phenolic OH excluding ortho intramolecular Hbond substituents is 1. The van der Waals surface area contributed by atoms with Gasteiger partial charge in [-0.2, -0.15) is 13.2 Å². The van der Waals surface area contributed by atoms with Crippen molar-refractivity contribution in [1.82, 2.24) is 0 Å². The fraction of sp³-hybridized carbons (Fsp3) is 0.200. The molecule has 0 spiro atoms. The number of rotatable bonds is 3. The van der Waals surface area contributed by atoms with Crippen molar-refractivity contribution in [3.05, 3.63) is 65.2 Å². The molecular weight excluding hydrogens is 267 g/mol. The molecule has 2 nitrogen and oxygen atoms in total. The highest BCUT2D eigenvalue weighted by Crippen LogP contribution is 2.31. The standard InChI is InChI=1S/C15H14F3NO/c16-15(17,18)12-5-2-4-11(9-12)14(19)8-10-3-1-6-13(20)7-10/h1-7,9,14,20H,8,19H2. The van der Waals surface area contributed by atoms with Crippen molar-refractivity contribution >= 4 is 0 Å². The van der Waals surface area contributed by atoms with Crippen molar-refractivity contribution < 1.29 is 18.3 Å². The van der Waals surface area contributed by atoms with Crippen LogP contribution in [0.1, 0.15) is 22.7 Å². The van der Waals surface area contributed by atoms with Crippen LogP contribution in [0.5, 0.6) is 5.75 Å². The van der Waals surface area contributed by atoms with Crippen molar-refractivity contribution in [1.29, 1.82) is 0 Å². The maximum Gasteiger partial charge on any atom is 0.416 e. The molecule has 106 valence electrons. The zero-order valence-corrected chi connectivity index (χ0v) is 10.6. The molecule has 0 aliphatic rings. The smallest absolute Gasteiger partial charge is 0.416 e. The highest BCUT2D eigenvalue weighted by molar-refractivity contribution is 5.31. The van der Waals surface area contributed by atoms with Crippen LogP contribution in [0.25, 0.3) is 0 Å². The molecule has 2 aromatic rings. The molecule has 5 heteroatoms. The first-order chi connectivity index (χ1) is 9.36. The maximum absolute atomic E-state index is 12.6. The Morgan fingerprint density at radius 3 is 2.40 bits per heavy atom. The summed E-state index contributed by atoms with van der Waals surface area (Å²) in [6.45, 7) is 0. The predicted molar refractivity (Wildman–Crippen MR) is 70.2 cm³/mol. The molecule has 2 aromatic carbocycles. The van der Waals surface area contributed by atoms with E-state index in [0.717, 1.165) is 17.7 Å². The van der Waals surface area contributed by atoms with E-state index in [-0.39, 0.29) is 5.75 Å². The number of benzene rings is 2. The molecule has 0 fully saturated rings. The second-order valence-corrected chi connectivity index (χ2v) is 4.60. The summed E-state index contributed by atoms with van der Waals surface area (Å²) in [6, 6.07) is 11.0. The second kappa shape index (κ2) is 5.54. The van der Waals surface area contributed by atoms with Crippen molar-refractivity contribution in [2.45, 2.75) is 18.6 Å². The third kappa shape index (κ3) is 3.51. The van der Waals surface area contributed by atoms with Gasteiger partial charge in [0.05, 0.1) is 5.56 Å². The van der Waals surface area contributed by atoms with E-state index >= 15 is 0 Å². The summed E-state index contributed by atoms with van der Waals surface area (Å²) in [5, 5.41) is 9.36. The van der Waals surface area contributed by atoms with Crippen LogP contribution in [0.15, 0.2) is 48.5 Å². The largest absolute Gasteiger partial charge is 0.508 e. The Hall–Kier alpha value is -2.01. The van der Waals surface area contributed by atoms with Crippen LogP contribution < -0.4 is 5.73 Å². The summed E-state index contributed by atoms with van der Waals surface area (Å²) in [5.74, 6) is 0.110. The lowest BCUT2D eigenvalue weighted by molar-refractivity contribution is -0.137. The van der Waals surface area contributed by atoms with E-state index in [2.05, 4.69) is 0 Å². The number of alkyl halides is 3. The normalized spacial score (nSPS) is 13.2. The number of hydrogen-bond donors (Lipinski definition) is 2. The van der Waals surface area contributed by atoms with Crippen LogP contribution in [-0.2, 0) is 12.6 Å². The molecular formula is C15H14F3NO. The minimum absolute atomic E-state index is 0.110. The summed E-state index contributed by atoms with van der Waals surface area (Å²) < 4.78 is 37.9. The third-order valence-electron chi connectivity index (χ3n) is 3.01. The molecule has 0 aliphatic heterocycles. The Bertz CT molecular complexity index is 596. The molecule has 2 rings (SSSR count). The molecule has 0 aliphatic carbocycles. The first-order valence-electron chi connectivity index (χ1n) is 6.07. The SMILES string of the molecule is NC(Cc1cccc(O)c1)c1cccc(C(F)(F)F)c1. The summed E-state index contributed by atoms with van der Waals surface area (Å²) >= 11 is 0. The molecule has 0 bridgehead atoms. The Labute approximate surface area is 114 Å². The van der Waals surface area contributed by atoms with Gasteiger partial charge in [0.2, 0.25) is 0 Å². The van der Waals surface area contributed by atoms with E-state index in [1.54, 1.807) is 24.3 Å². The fourth-order valence-electron chi connectivity index (χ4n) is 2.00. The number of halogens is 3. The lowest BCUT2D eigenvalue weighted by Gasteiger charge is -2.14. The summed E-state index contributed by atoms with van der Waals surface area (Å²) in [7, 11) is 0. The van der Waals surface area contributed by atoms with Gasteiger partial charge in [-0.1, -0.05) is 24.3 Å². The van der Waals surface area contributed by atoms with E-state index in [1.165, 1.54) is 12.1 Å². The average molecular weight is 281 g/mol. The number of phenols is 1. The lowest BCUT2D eigenvalue weighted by atomic mass is 9.98. The first-order valence-corrected chi connectivity index (χ1v) is 6.07. The molecule has 20 heavy (non-hydrogen) atoms. The van der Waals surface area contributed by atoms with Crippen molar-refractivity contribution in [2.24, 2.45) is 5.73 Å². The zero-order chi connectivity index (χ0) is 14.8. The molecule has 0 amide bonds. The van der Waals surface area contributed by atoms with Crippen molar-refractivity contribution in [3.63, 3.8) is 0 Å². The molecule has 0 saturated carbocycles. The van der Waals surface area contributed by atoms with Crippen LogP contribution >= 0.6 is 0 Å². The van der Waals surface area contributed by atoms with Crippen molar-refractivity contribution in [3.8, 4) is 5.75 Å². The molecule has 0 saturated heterocycles. The highest BCUT2D eigenvalue weighted by atomic mass is 19.4. The lowest BCUT2D eigenvalue weighted by Crippen LogP contribution is -2.15. The summed E-state index contributed by atoms with van der Waals surface area (Å²) in [6.07, 6.45) is -4.02. The van der Waals surface area contributed by atoms with Gasteiger partial charge in [0.25, 0.3) is 0 Å². The second-order valence-electron chi connectivity index (χ2n) is 4.60. The topological polar surface area (TPSA) is 46.2 Å². The van der Waals surface area contributed by atoms with Crippen LogP contribution in [0, 0.1) is 0 Å². The molecule has 1 unspecified atom stereocenters. The molecule has 0 radical (unpaired) electrons. The Kier molecular flexibility index (Phi) is 3.99. The van der Waals surface area contributed by atoms with Gasteiger partial charge in [-0.25, -0.2) is 0 Å². The van der Waals surface area contributed by atoms with Gasteiger partial charge in [0.15, 0.2) is 0 Å². The van der Waals surface area contributed by atoms with Crippen molar-refractivity contribution in [2.75, 3.05) is 0 Å². The minimum Gasteiger partial charge on any atom is -0.508 e. The van der Waals surface area contributed by atoms with Gasteiger partial charge >= 0.3 is 6.18 Å². The molecule has 0 heterocycles. The first kappa shape index (κ1) is 14.4. The van der Waals surface area contributed by atoms with Gasteiger partial charge in [-0.05, 0) is 41.8 Å². The number of hydrogen-bond acceptors (Lipinski definition) is 2. The Morgan fingerprint density at radius 1 is 1.05 bits per heavy atom. The van der Waals surface area contributed by atoms with E-state index in [9.17, 15) is 18.3 Å². The maximum atomic E-state index is 12.6. The predicted octanol–water partition coefficient (Wildman–Crippen LogP) is 3.65. The van der Waals surface area contributed by atoms with Crippen LogP contribution in [0.2, 0.25) is 0 Å². The van der Waals surface area contributed by atoms with Crippen LogP contribution in [0.3, 0.4) is 0 Å². The van der Waals surface area contributed by atoms with Crippen LogP contribution in [0.4, 0.5) is 13.2 Å². The number of nitrogens with two attached hydrogens (primary N) is 1. The van der Waals surface area contributed by atoms with Gasteiger partial charge in [0, 0.05) is 6.04 Å². The molecule has 0 aromatic heterocycles. The van der Waals surface area contributed by atoms with Gasteiger partial charge in [-0.3, -0.25) is 0 Å². The highest BCUT2D eigenvalue weighted by Gasteiger charge is 2.30. The van der Waals surface area contributed by atoms with E-state index < -0.39 is 17.8 Å². The Morgan fingerprint density at radius 2 is 1.75 bits per heavy atom. The van der Waals surface area contributed by atoms with Gasteiger partial charge in [0.1, 0.15) is 5.75 Å². The number of aromatic hydroxyl groups is 1. The third-order valence-corrected chi connectivity index (χ3v) is 3.01. The quantitative estimate of drug-likeness (QED) is 0.902. The monoisotopic (exact) mass is 281 g/mol. The fourth-order valence-corrected chi connectivity index (χ4v) is 2.00. The van der Waals surface area contributed by atoms with E-state index in [1.807, 2.05) is 0 Å².